The maximum absolute atomic E-state index is 11.7. The molecule has 114 valence electrons. The van der Waals surface area contributed by atoms with E-state index in [1.807, 2.05) is 6.92 Å². The average molecular weight is 287 g/mol. The van der Waals surface area contributed by atoms with E-state index >= 15 is 0 Å². The summed E-state index contributed by atoms with van der Waals surface area (Å²) in [6, 6.07) is -0.870. The maximum Gasteiger partial charge on any atom is 0.321 e. The van der Waals surface area contributed by atoms with Gasteiger partial charge in [0.25, 0.3) is 0 Å². The van der Waals surface area contributed by atoms with Crippen LogP contribution in [0.25, 0.3) is 0 Å². The van der Waals surface area contributed by atoms with E-state index in [0.29, 0.717) is 19.7 Å². The van der Waals surface area contributed by atoms with Gasteiger partial charge in [0, 0.05) is 19.1 Å². The summed E-state index contributed by atoms with van der Waals surface area (Å²) in [6.07, 6.45) is 0.696. The van der Waals surface area contributed by atoms with Gasteiger partial charge in [-0.15, -0.1) is 0 Å². The smallest absolute Gasteiger partial charge is 0.321 e. The minimum absolute atomic E-state index is 0.0130. The van der Waals surface area contributed by atoms with Crippen molar-refractivity contribution in [2.24, 2.45) is 0 Å². The van der Waals surface area contributed by atoms with Crippen LogP contribution in [0.3, 0.4) is 0 Å². The van der Waals surface area contributed by atoms with Gasteiger partial charge in [-0.25, -0.2) is 4.79 Å². The van der Waals surface area contributed by atoms with Crippen molar-refractivity contribution in [2.75, 3.05) is 32.8 Å². The van der Waals surface area contributed by atoms with Crippen molar-refractivity contribution in [1.29, 1.82) is 0 Å². The summed E-state index contributed by atoms with van der Waals surface area (Å²) in [5, 5.41) is 13.6. The highest BCUT2D eigenvalue weighted by atomic mass is 16.5. The molecule has 1 aliphatic rings. The number of hydrogen-bond acceptors (Lipinski definition) is 5. The van der Waals surface area contributed by atoms with Gasteiger partial charge in [-0.2, -0.15) is 0 Å². The Morgan fingerprint density at radius 1 is 1.40 bits per heavy atom. The van der Waals surface area contributed by atoms with Gasteiger partial charge >= 0.3 is 12.0 Å². The molecule has 0 aromatic rings. The number of hydrogen-bond donors (Lipinski definition) is 3. The Bertz CT molecular complexity index is 361. The Morgan fingerprint density at radius 2 is 2.15 bits per heavy atom. The van der Waals surface area contributed by atoms with Crippen molar-refractivity contribution in [3.05, 3.63) is 0 Å². The first-order valence-corrected chi connectivity index (χ1v) is 6.64. The zero-order valence-corrected chi connectivity index (χ0v) is 11.6. The first-order valence-electron chi connectivity index (χ1n) is 6.64. The number of rotatable bonds is 6. The number of ether oxygens (including phenoxy) is 1. The lowest BCUT2D eigenvalue weighted by molar-refractivity contribution is -0.141. The molecule has 0 bridgehead atoms. The van der Waals surface area contributed by atoms with E-state index in [0.717, 1.165) is 6.42 Å². The van der Waals surface area contributed by atoms with Crippen LogP contribution in [0.1, 0.15) is 19.8 Å². The number of nitrogens with zero attached hydrogens (tertiary/aromatic N) is 1. The molecule has 8 nitrogen and oxygen atoms in total. The largest absolute Gasteiger partial charge is 0.481 e. The highest BCUT2D eigenvalue weighted by Gasteiger charge is 2.27. The molecule has 8 heteroatoms. The lowest BCUT2D eigenvalue weighted by atomic mass is 10.1. The Labute approximate surface area is 117 Å². The molecule has 1 heterocycles. The Balaban J connectivity index is 2.41. The summed E-state index contributed by atoms with van der Waals surface area (Å²) in [4.78, 5) is 35.5. The van der Waals surface area contributed by atoms with Crippen LogP contribution < -0.4 is 10.6 Å². The van der Waals surface area contributed by atoms with Crippen LogP contribution in [0.2, 0.25) is 0 Å². The number of nitrogens with one attached hydrogen (secondary N) is 2. The molecule has 1 saturated heterocycles. The third-order valence-electron chi connectivity index (χ3n) is 2.89. The summed E-state index contributed by atoms with van der Waals surface area (Å²) in [5.41, 5.74) is 0. The van der Waals surface area contributed by atoms with Crippen LogP contribution in [0, 0.1) is 0 Å². The van der Waals surface area contributed by atoms with Crippen molar-refractivity contribution in [3.63, 3.8) is 0 Å². The topological polar surface area (TPSA) is 108 Å². The standard InChI is InChI=1S/C12H21N3O5/c1-2-3-13-12(19)14-10(16)7-15-4-5-20-8-9(15)6-11(17)18/h9H,2-8H2,1H3,(H,17,18)(H2,13,14,16,19). The molecule has 1 atom stereocenters. The molecular formula is C12H21N3O5. The van der Waals surface area contributed by atoms with E-state index in [-0.39, 0.29) is 25.6 Å². The Hall–Kier alpha value is -1.67. The van der Waals surface area contributed by atoms with Crippen molar-refractivity contribution in [3.8, 4) is 0 Å². The summed E-state index contributed by atoms with van der Waals surface area (Å²) >= 11 is 0. The molecule has 3 N–H and O–H groups in total. The first-order chi connectivity index (χ1) is 9.52. The molecule has 1 rings (SSSR count). The van der Waals surface area contributed by atoms with Gasteiger partial charge in [-0.3, -0.25) is 19.8 Å². The molecule has 3 amide bonds. The second-order valence-corrected chi connectivity index (χ2v) is 4.60. The monoisotopic (exact) mass is 287 g/mol. The van der Waals surface area contributed by atoms with Crippen LogP contribution in [0.15, 0.2) is 0 Å². The summed E-state index contributed by atoms with van der Waals surface area (Å²) in [7, 11) is 0. The SMILES string of the molecule is CCCNC(=O)NC(=O)CN1CCOCC1CC(=O)O. The molecule has 0 radical (unpaired) electrons. The zero-order valence-electron chi connectivity index (χ0n) is 11.6. The van der Waals surface area contributed by atoms with Gasteiger partial charge in [-0.05, 0) is 6.42 Å². The highest BCUT2D eigenvalue weighted by Crippen LogP contribution is 2.10. The lowest BCUT2D eigenvalue weighted by Gasteiger charge is -2.33. The number of aliphatic carboxylic acids is 1. The molecule has 0 spiro atoms. The summed E-state index contributed by atoms with van der Waals surface area (Å²) < 4.78 is 5.21. The number of morpholine rings is 1. The first kappa shape index (κ1) is 16.4. The number of urea groups is 1. The molecule has 1 aliphatic heterocycles. The molecule has 20 heavy (non-hydrogen) atoms. The number of carbonyl (C=O) groups excluding carboxylic acids is 2. The van der Waals surface area contributed by atoms with Gasteiger partial charge < -0.3 is 15.2 Å². The average Bonchev–Trinajstić information content (AvgIpc) is 2.38. The van der Waals surface area contributed by atoms with Gasteiger partial charge in [0.05, 0.1) is 26.2 Å². The third-order valence-corrected chi connectivity index (χ3v) is 2.89. The van der Waals surface area contributed by atoms with Crippen molar-refractivity contribution >= 4 is 17.9 Å². The van der Waals surface area contributed by atoms with E-state index in [4.69, 9.17) is 9.84 Å². The van der Waals surface area contributed by atoms with E-state index in [1.54, 1.807) is 4.90 Å². The van der Waals surface area contributed by atoms with Crippen LogP contribution in [0.5, 0.6) is 0 Å². The molecule has 0 aromatic heterocycles. The fourth-order valence-electron chi connectivity index (χ4n) is 1.92. The van der Waals surface area contributed by atoms with Crippen LogP contribution in [0.4, 0.5) is 4.79 Å². The van der Waals surface area contributed by atoms with E-state index in [9.17, 15) is 14.4 Å². The zero-order chi connectivity index (χ0) is 15.0. The van der Waals surface area contributed by atoms with E-state index in [1.165, 1.54) is 0 Å². The number of imide groups is 1. The molecule has 0 aliphatic carbocycles. The van der Waals surface area contributed by atoms with E-state index in [2.05, 4.69) is 10.6 Å². The van der Waals surface area contributed by atoms with Crippen molar-refractivity contribution in [2.45, 2.75) is 25.8 Å². The number of carboxylic acid groups (broad SMARTS) is 1. The van der Waals surface area contributed by atoms with Gasteiger partial charge in [0.2, 0.25) is 5.91 Å². The second kappa shape index (κ2) is 8.49. The Morgan fingerprint density at radius 3 is 2.80 bits per heavy atom. The molecular weight excluding hydrogens is 266 g/mol. The minimum Gasteiger partial charge on any atom is -0.481 e. The number of carbonyl (C=O) groups is 3. The fraction of sp³-hybridized carbons (Fsp3) is 0.750. The molecule has 0 aromatic carbocycles. The van der Waals surface area contributed by atoms with Crippen LogP contribution in [-0.4, -0.2) is 66.8 Å². The highest BCUT2D eigenvalue weighted by molar-refractivity contribution is 5.95. The summed E-state index contributed by atoms with van der Waals surface area (Å²) in [6.45, 7) is 3.60. The minimum atomic E-state index is -0.938. The molecule has 0 saturated carbocycles. The Kier molecular flexibility index (Phi) is 6.96. The van der Waals surface area contributed by atoms with Crippen LogP contribution >= 0.6 is 0 Å². The number of amides is 3. The normalized spacial score (nSPS) is 19.4. The molecule has 1 unspecified atom stereocenters. The van der Waals surface area contributed by atoms with Crippen molar-refractivity contribution < 1.29 is 24.2 Å². The quantitative estimate of drug-likeness (QED) is 0.602. The maximum atomic E-state index is 11.7. The fourth-order valence-corrected chi connectivity index (χ4v) is 1.92. The lowest BCUT2D eigenvalue weighted by Crippen LogP contribution is -2.52. The van der Waals surface area contributed by atoms with Gasteiger partial charge in [-0.1, -0.05) is 6.92 Å². The van der Waals surface area contributed by atoms with Crippen LogP contribution in [-0.2, 0) is 14.3 Å². The predicted molar refractivity (Wildman–Crippen MR) is 70.3 cm³/mol. The third kappa shape index (κ3) is 5.98. The number of carboxylic acids is 1. The summed E-state index contributed by atoms with van der Waals surface area (Å²) in [5.74, 6) is -1.39. The van der Waals surface area contributed by atoms with Gasteiger partial charge in [0.1, 0.15) is 0 Å². The second-order valence-electron chi connectivity index (χ2n) is 4.60. The van der Waals surface area contributed by atoms with Gasteiger partial charge in [0.15, 0.2) is 0 Å². The molecule has 1 fully saturated rings. The van der Waals surface area contributed by atoms with Crippen molar-refractivity contribution in [1.82, 2.24) is 15.5 Å². The predicted octanol–water partition coefficient (Wildman–Crippen LogP) is -0.602. The van der Waals surface area contributed by atoms with E-state index < -0.39 is 17.9 Å².